The number of hydrogen-bond donors (Lipinski definition) is 0. The van der Waals surface area contributed by atoms with E-state index in [4.69, 9.17) is 0 Å². The van der Waals surface area contributed by atoms with Crippen LogP contribution < -0.4 is 24.8 Å². The van der Waals surface area contributed by atoms with Crippen LogP contribution in [0.2, 0.25) is 19.6 Å². The van der Waals surface area contributed by atoms with Crippen molar-refractivity contribution in [1.29, 1.82) is 0 Å². The molecule has 0 saturated carbocycles. The molecule has 0 spiro atoms. The van der Waals surface area contributed by atoms with Gasteiger partial charge in [0, 0.05) is 0 Å². The molecule has 1 unspecified atom stereocenters. The second kappa shape index (κ2) is 14.3. The van der Waals surface area contributed by atoms with Gasteiger partial charge in [-0.05, 0) is 0 Å². The molecular weight excluding hydrogens is 719 g/mol. The first-order valence-corrected chi connectivity index (χ1v) is 24.5. The van der Waals surface area contributed by atoms with Gasteiger partial charge in [-0.15, -0.1) is 0 Å². The van der Waals surface area contributed by atoms with E-state index in [1.54, 1.807) is 28.4 Å². The summed E-state index contributed by atoms with van der Waals surface area (Å²) in [6.07, 6.45) is 2.68. The van der Waals surface area contributed by atoms with Crippen molar-refractivity contribution in [2.24, 2.45) is 5.92 Å². The van der Waals surface area contributed by atoms with E-state index in [9.17, 15) is 0 Å². The molecule has 0 radical (unpaired) electrons. The van der Waals surface area contributed by atoms with E-state index >= 15 is 0 Å². The molecule has 250 valence electrons. The van der Waals surface area contributed by atoms with Crippen LogP contribution in [0.4, 0.5) is 0 Å². The van der Waals surface area contributed by atoms with Crippen molar-refractivity contribution < 1.29 is 46.1 Å². The van der Waals surface area contributed by atoms with E-state index < -0.39 is 29.3 Å². The second-order valence-corrected chi connectivity index (χ2v) is 27.8. The van der Waals surface area contributed by atoms with E-state index in [1.807, 2.05) is 0 Å². The topological polar surface area (TPSA) is 0 Å². The summed E-state index contributed by atoms with van der Waals surface area (Å²) >= 11 is -2.89. The minimum absolute atomic E-state index is 0. The quantitative estimate of drug-likeness (QED) is 0.220. The van der Waals surface area contributed by atoms with Gasteiger partial charge < -0.3 is 24.8 Å². The van der Waals surface area contributed by atoms with Gasteiger partial charge >= 0.3 is 290 Å². The smallest absolute Gasteiger partial charge is 1.00 e. The Morgan fingerprint density at radius 3 is 1.40 bits per heavy atom. The molecular formula is C44H52Cl2SiZr. The average Bonchev–Trinajstić information content (AvgIpc) is 3.48. The van der Waals surface area contributed by atoms with Crippen LogP contribution in [0.5, 0.6) is 0 Å². The van der Waals surface area contributed by atoms with Gasteiger partial charge in [-0.25, -0.2) is 0 Å². The Morgan fingerprint density at radius 1 is 0.625 bits per heavy atom. The molecule has 4 aromatic rings. The summed E-state index contributed by atoms with van der Waals surface area (Å²) in [4.78, 5) is 0. The van der Waals surface area contributed by atoms with Crippen molar-refractivity contribution in [1.82, 2.24) is 0 Å². The SMILES string of the molecule is CC1=[C]([Zr+2](=[C](c2ccccc2)c2ccccc2)[CH]2c3cc(C(C)(C)C)ccc3-c3ccc(C(C)(C)C)cc32)C(C)C=C1[Si](C)(C)C.[Cl-].[Cl-]. The Balaban J connectivity index is 0.00000260. The Hall–Kier alpha value is -2.09. The van der Waals surface area contributed by atoms with Gasteiger partial charge in [0.2, 0.25) is 0 Å². The Labute approximate surface area is 312 Å². The van der Waals surface area contributed by atoms with E-state index in [0.717, 1.165) is 0 Å². The Bertz CT molecular complexity index is 1790. The zero-order valence-electron chi connectivity index (χ0n) is 30.7. The summed E-state index contributed by atoms with van der Waals surface area (Å²) in [5.74, 6) is 0.461. The van der Waals surface area contributed by atoms with Crippen molar-refractivity contribution in [2.75, 3.05) is 0 Å². The van der Waals surface area contributed by atoms with Crippen LogP contribution in [-0.2, 0) is 32.1 Å². The molecule has 4 heteroatoms. The van der Waals surface area contributed by atoms with Crippen molar-refractivity contribution in [3.05, 3.63) is 151 Å². The van der Waals surface area contributed by atoms with Crippen LogP contribution in [0.25, 0.3) is 11.1 Å². The third kappa shape index (κ3) is 7.21. The van der Waals surface area contributed by atoms with Crippen molar-refractivity contribution in [3.8, 4) is 11.1 Å². The minimum Gasteiger partial charge on any atom is -1.00 e. The first-order chi connectivity index (χ1) is 21.6. The Kier molecular flexibility index (Phi) is 11.5. The molecule has 0 amide bonds. The first kappa shape index (κ1) is 38.7. The zero-order chi connectivity index (χ0) is 33.2. The fourth-order valence-corrected chi connectivity index (χ4v) is 20.1. The van der Waals surface area contributed by atoms with E-state index in [0.29, 0.717) is 9.54 Å². The van der Waals surface area contributed by atoms with Crippen molar-refractivity contribution in [2.45, 2.75) is 89.5 Å². The molecule has 2 aliphatic rings. The van der Waals surface area contributed by atoms with Gasteiger partial charge in [-0.2, -0.15) is 0 Å². The molecule has 0 heterocycles. The van der Waals surface area contributed by atoms with Crippen LogP contribution in [0.3, 0.4) is 0 Å². The maximum atomic E-state index is 2.68. The van der Waals surface area contributed by atoms with Gasteiger partial charge in [0.05, 0.1) is 0 Å². The molecule has 1 atom stereocenters. The van der Waals surface area contributed by atoms with Gasteiger partial charge in [-0.1, -0.05) is 0 Å². The first-order valence-electron chi connectivity index (χ1n) is 17.2. The largest absolute Gasteiger partial charge is 1.00 e. The van der Waals surface area contributed by atoms with Crippen molar-refractivity contribution >= 4 is 11.3 Å². The summed E-state index contributed by atoms with van der Waals surface area (Å²) in [6.45, 7) is 26.8. The fraction of sp³-hybridized carbons (Fsp3) is 0.341. The molecule has 0 N–H and O–H groups in total. The summed E-state index contributed by atoms with van der Waals surface area (Å²) in [5.41, 5.74) is 13.5. The maximum Gasteiger partial charge on any atom is -1.00 e. The summed E-state index contributed by atoms with van der Waals surface area (Å²) in [5, 5.41) is 1.68. The third-order valence-electron chi connectivity index (χ3n) is 10.2. The monoisotopic (exact) mass is 768 g/mol. The Morgan fingerprint density at radius 2 is 1.04 bits per heavy atom. The number of benzene rings is 4. The van der Waals surface area contributed by atoms with Crippen LogP contribution in [0, 0.1) is 5.92 Å². The molecule has 2 aliphatic carbocycles. The second-order valence-electron chi connectivity index (χ2n) is 16.7. The van der Waals surface area contributed by atoms with Crippen LogP contribution in [-0.4, -0.2) is 11.3 Å². The predicted octanol–water partition coefficient (Wildman–Crippen LogP) is 5.97. The van der Waals surface area contributed by atoms with Crippen molar-refractivity contribution in [3.63, 3.8) is 0 Å². The van der Waals surface area contributed by atoms with Gasteiger partial charge in [0.1, 0.15) is 0 Å². The summed E-state index contributed by atoms with van der Waals surface area (Å²) in [7, 11) is -1.54. The minimum atomic E-state index is -2.89. The van der Waals surface area contributed by atoms with Crippen LogP contribution >= 0.6 is 0 Å². The molecule has 0 bridgehead atoms. The molecule has 0 aromatic heterocycles. The molecule has 0 nitrogen and oxygen atoms in total. The molecule has 0 saturated heterocycles. The normalized spacial score (nSPS) is 15.9. The molecule has 0 aliphatic heterocycles. The van der Waals surface area contributed by atoms with Gasteiger partial charge in [0.25, 0.3) is 0 Å². The summed E-state index contributed by atoms with van der Waals surface area (Å²) in [6, 6.07) is 37.8. The number of hydrogen-bond acceptors (Lipinski definition) is 0. The average molecular weight is 771 g/mol. The maximum absolute atomic E-state index is 2.89. The predicted molar refractivity (Wildman–Crippen MR) is 201 cm³/mol. The van der Waals surface area contributed by atoms with Crippen LogP contribution in [0.15, 0.2) is 117 Å². The molecule has 4 aromatic carbocycles. The third-order valence-corrected chi connectivity index (χ3v) is 21.5. The fourth-order valence-electron chi connectivity index (χ4n) is 7.83. The standard InChI is InChI=1S/C21H25.C13H10.C10H17Si.2ClH.Zr/c1-20(2,3)16-7-9-18-14(12-16)11-15-13-17(21(4,5)6)8-10-19(15)18;1-3-7-12(8-4-1)11-13-9-5-2-6-10-13;1-8-6-9(2)10(7-8)11(3,4)5;;;/h7-13H,1-6H3;1-10H;7-8H,1-5H3;2*1H;/q;;;;;+2/p-2. The molecule has 0 fully saturated rings. The van der Waals surface area contributed by atoms with Gasteiger partial charge in [0.15, 0.2) is 0 Å². The van der Waals surface area contributed by atoms with Gasteiger partial charge in [-0.3, -0.25) is 0 Å². The number of fused-ring (bicyclic) bond motifs is 3. The summed E-state index contributed by atoms with van der Waals surface area (Å²) < 4.78 is 3.84. The number of allylic oxidation sites excluding steroid dienone is 4. The zero-order valence-corrected chi connectivity index (χ0v) is 35.7. The van der Waals surface area contributed by atoms with E-state index in [1.165, 1.54) is 33.4 Å². The van der Waals surface area contributed by atoms with Crippen LogP contribution in [0.1, 0.15) is 92.4 Å². The molecule has 6 rings (SSSR count). The van der Waals surface area contributed by atoms with E-state index in [2.05, 4.69) is 178 Å². The number of rotatable bonds is 5. The number of halogens is 2. The molecule has 48 heavy (non-hydrogen) atoms. The van der Waals surface area contributed by atoms with E-state index in [-0.39, 0.29) is 35.6 Å².